The third kappa shape index (κ3) is 5.04. The van der Waals surface area contributed by atoms with E-state index in [1.54, 1.807) is 0 Å². The lowest BCUT2D eigenvalue weighted by Crippen LogP contribution is -2.37. The average Bonchev–Trinajstić information content (AvgIpc) is 2.53. The van der Waals surface area contributed by atoms with Crippen LogP contribution in [0.25, 0.3) is 0 Å². The second kappa shape index (κ2) is 7.67. The molecule has 1 rings (SSSR count). The summed E-state index contributed by atoms with van der Waals surface area (Å²) in [4.78, 5) is 14.1. The van der Waals surface area contributed by atoms with E-state index in [9.17, 15) is 4.79 Å². The van der Waals surface area contributed by atoms with Gasteiger partial charge in [0.1, 0.15) is 0 Å². The van der Waals surface area contributed by atoms with Gasteiger partial charge >= 0.3 is 0 Å². The van der Waals surface area contributed by atoms with Gasteiger partial charge in [0.05, 0.1) is 12.5 Å². The summed E-state index contributed by atoms with van der Waals surface area (Å²) >= 11 is 0. The van der Waals surface area contributed by atoms with E-state index in [0.717, 1.165) is 31.8 Å². The molecule has 0 saturated carbocycles. The number of rotatable bonds is 5. The molecule has 4 nitrogen and oxygen atoms in total. The Labute approximate surface area is 104 Å². The first kappa shape index (κ1) is 14.5. The molecule has 1 saturated heterocycles. The number of hydrogen-bond acceptors (Lipinski definition) is 3. The summed E-state index contributed by atoms with van der Waals surface area (Å²) in [7, 11) is 0. The summed E-state index contributed by atoms with van der Waals surface area (Å²) in [6, 6.07) is 0. The highest BCUT2D eigenvalue weighted by Crippen LogP contribution is 2.17. The maximum Gasteiger partial charge on any atom is 0.225 e. The van der Waals surface area contributed by atoms with Crippen molar-refractivity contribution in [1.82, 2.24) is 4.90 Å². The third-order valence-corrected chi connectivity index (χ3v) is 3.44. The highest BCUT2D eigenvalue weighted by molar-refractivity contribution is 5.76. The largest absolute Gasteiger partial charge is 0.377 e. The highest BCUT2D eigenvalue weighted by atomic mass is 16.5. The molecule has 4 heteroatoms. The van der Waals surface area contributed by atoms with E-state index in [-0.39, 0.29) is 12.0 Å². The van der Waals surface area contributed by atoms with Crippen molar-refractivity contribution in [2.75, 3.05) is 26.2 Å². The summed E-state index contributed by atoms with van der Waals surface area (Å²) in [6.07, 6.45) is 3.78. The molecule has 0 aromatic heterocycles. The van der Waals surface area contributed by atoms with Crippen LogP contribution in [0.2, 0.25) is 0 Å². The first-order chi connectivity index (χ1) is 8.17. The number of ether oxygens (including phenoxy) is 1. The zero-order chi connectivity index (χ0) is 12.7. The molecule has 100 valence electrons. The first-order valence-electron chi connectivity index (χ1n) is 6.76. The second-order valence-corrected chi connectivity index (χ2v) is 4.93. The molecular weight excluding hydrogens is 216 g/mol. The number of carbonyl (C=O) groups is 1. The van der Waals surface area contributed by atoms with Crippen LogP contribution in [0.1, 0.15) is 39.5 Å². The molecular formula is C13H26N2O2. The first-order valence-corrected chi connectivity index (χ1v) is 6.76. The van der Waals surface area contributed by atoms with Crippen LogP contribution in [0.15, 0.2) is 0 Å². The van der Waals surface area contributed by atoms with Gasteiger partial charge in [-0.1, -0.05) is 6.92 Å². The number of likely N-dealkylation sites (tertiary alicyclic amines) is 1. The van der Waals surface area contributed by atoms with Crippen molar-refractivity contribution < 1.29 is 9.53 Å². The molecule has 17 heavy (non-hydrogen) atoms. The van der Waals surface area contributed by atoms with Gasteiger partial charge < -0.3 is 15.4 Å². The highest BCUT2D eigenvalue weighted by Gasteiger charge is 2.21. The fraction of sp³-hybridized carbons (Fsp3) is 0.923. The molecule has 1 aliphatic heterocycles. The van der Waals surface area contributed by atoms with Crippen LogP contribution < -0.4 is 5.73 Å². The van der Waals surface area contributed by atoms with Crippen molar-refractivity contribution in [3.63, 3.8) is 0 Å². The van der Waals surface area contributed by atoms with E-state index >= 15 is 0 Å². The van der Waals surface area contributed by atoms with Crippen LogP contribution in [0, 0.1) is 5.92 Å². The van der Waals surface area contributed by atoms with Crippen molar-refractivity contribution in [1.29, 1.82) is 0 Å². The molecule has 0 radical (unpaired) electrons. The molecule has 0 aromatic carbocycles. The molecule has 0 bridgehead atoms. The molecule has 1 amide bonds. The van der Waals surface area contributed by atoms with Gasteiger partial charge in [0.2, 0.25) is 5.91 Å². The third-order valence-electron chi connectivity index (χ3n) is 3.44. The molecule has 1 aliphatic rings. The van der Waals surface area contributed by atoms with Crippen LogP contribution in [-0.4, -0.2) is 43.2 Å². The fourth-order valence-electron chi connectivity index (χ4n) is 2.28. The van der Waals surface area contributed by atoms with Gasteiger partial charge in [0.15, 0.2) is 0 Å². The monoisotopic (exact) mass is 242 g/mol. The number of hydrogen-bond donors (Lipinski definition) is 1. The zero-order valence-corrected chi connectivity index (χ0v) is 11.2. The standard InChI is InChI=1S/C13H26N2O2/c1-3-17-12(10-14)9-13(16)15-7-4-5-11(2)6-8-15/h11-12H,3-10,14H2,1-2H3. The van der Waals surface area contributed by atoms with Crippen molar-refractivity contribution in [2.24, 2.45) is 11.7 Å². The number of nitrogens with zero attached hydrogens (tertiary/aromatic N) is 1. The Morgan fingerprint density at radius 3 is 2.88 bits per heavy atom. The lowest BCUT2D eigenvalue weighted by atomic mass is 10.0. The number of nitrogens with two attached hydrogens (primary N) is 1. The Morgan fingerprint density at radius 2 is 2.24 bits per heavy atom. The zero-order valence-electron chi connectivity index (χ0n) is 11.2. The molecule has 1 heterocycles. The van der Waals surface area contributed by atoms with Gasteiger partial charge in [-0.2, -0.15) is 0 Å². The quantitative estimate of drug-likeness (QED) is 0.792. The van der Waals surface area contributed by atoms with Gasteiger partial charge in [-0.25, -0.2) is 0 Å². The smallest absolute Gasteiger partial charge is 0.225 e. The Bertz CT molecular complexity index is 233. The minimum absolute atomic E-state index is 0.117. The molecule has 0 aromatic rings. The van der Waals surface area contributed by atoms with Crippen LogP contribution in [-0.2, 0) is 9.53 Å². The SMILES string of the molecule is CCOC(CN)CC(=O)N1CCCC(C)CC1. The predicted octanol–water partition coefficient (Wildman–Crippen LogP) is 1.39. The summed E-state index contributed by atoms with van der Waals surface area (Å²) in [5.74, 6) is 0.938. The van der Waals surface area contributed by atoms with E-state index in [1.807, 2.05) is 11.8 Å². The fourth-order valence-corrected chi connectivity index (χ4v) is 2.28. The molecule has 1 fully saturated rings. The molecule has 2 N–H and O–H groups in total. The minimum Gasteiger partial charge on any atom is -0.377 e. The van der Waals surface area contributed by atoms with Crippen molar-refractivity contribution in [3.05, 3.63) is 0 Å². The van der Waals surface area contributed by atoms with Crippen LogP contribution in [0.4, 0.5) is 0 Å². The average molecular weight is 242 g/mol. The van der Waals surface area contributed by atoms with E-state index in [4.69, 9.17) is 10.5 Å². The topological polar surface area (TPSA) is 55.6 Å². The summed E-state index contributed by atoms with van der Waals surface area (Å²) < 4.78 is 5.43. The number of amides is 1. The Balaban J connectivity index is 2.40. The van der Waals surface area contributed by atoms with E-state index < -0.39 is 0 Å². The Kier molecular flexibility index (Phi) is 6.52. The lowest BCUT2D eigenvalue weighted by Gasteiger charge is -2.23. The van der Waals surface area contributed by atoms with E-state index in [2.05, 4.69) is 6.92 Å². The van der Waals surface area contributed by atoms with Gasteiger partial charge in [-0.05, 0) is 32.1 Å². The summed E-state index contributed by atoms with van der Waals surface area (Å²) in [6.45, 7) is 7.02. The maximum atomic E-state index is 12.1. The van der Waals surface area contributed by atoms with Gasteiger partial charge in [-0.15, -0.1) is 0 Å². The predicted molar refractivity (Wildman–Crippen MR) is 68.7 cm³/mol. The Morgan fingerprint density at radius 1 is 1.47 bits per heavy atom. The molecule has 2 atom stereocenters. The van der Waals surface area contributed by atoms with Crippen LogP contribution >= 0.6 is 0 Å². The van der Waals surface area contributed by atoms with Crippen molar-refractivity contribution >= 4 is 5.91 Å². The van der Waals surface area contributed by atoms with Gasteiger partial charge in [-0.3, -0.25) is 4.79 Å². The van der Waals surface area contributed by atoms with Crippen molar-refractivity contribution in [2.45, 2.75) is 45.6 Å². The van der Waals surface area contributed by atoms with Gasteiger partial charge in [0.25, 0.3) is 0 Å². The van der Waals surface area contributed by atoms with Crippen LogP contribution in [0.3, 0.4) is 0 Å². The second-order valence-electron chi connectivity index (χ2n) is 4.93. The summed E-state index contributed by atoms with van der Waals surface area (Å²) in [5, 5.41) is 0. The molecule has 0 aliphatic carbocycles. The normalized spacial score (nSPS) is 23.2. The van der Waals surface area contributed by atoms with E-state index in [1.165, 1.54) is 6.42 Å². The number of carbonyl (C=O) groups excluding carboxylic acids is 1. The molecule has 2 unspecified atom stereocenters. The molecule has 0 spiro atoms. The Hall–Kier alpha value is -0.610. The van der Waals surface area contributed by atoms with Crippen LogP contribution in [0.5, 0.6) is 0 Å². The van der Waals surface area contributed by atoms with Crippen molar-refractivity contribution in [3.8, 4) is 0 Å². The van der Waals surface area contributed by atoms with E-state index in [0.29, 0.717) is 19.6 Å². The van der Waals surface area contributed by atoms with Gasteiger partial charge in [0, 0.05) is 26.2 Å². The minimum atomic E-state index is -0.117. The summed E-state index contributed by atoms with van der Waals surface area (Å²) in [5.41, 5.74) is 5.59. The lowest BCUT2D eigenvalue weighted by molar-refractivity contribution is -0.134. The maximum absolute atomic E-state index is 12.1.